The number of hydrogen-bond donors (Lipinski definition) is 0. The summed E-state index contributed by atoms with van der Waals surface area (Å²) >= 11 is 1.86. The zero-order valence-corrected chi connectivity index (χ0v) is 16.6. The minimum atomic E-state index is 0.0774. The molecule has 5 heteroatoms. The number of urea groups is 1. The molecule has 0 spiro atoms. The van der Waals surface area contributed by atoms with E-state index >= 15 is 0 Å². The predicted molar refractivity (Wildman–Crippen MR) is 110 cm³/mol. The maximum absolute atomic E-state index is 13.1. The fourth-order valence-electron chi connectivity index (χ4n) is 3.11. The highest BCUT2D eigenvalue weighted by Gasteiger charge is 2.28. The Morgan fingerprint density at radius 1 is 1.04 bits per heavy atom. The molecule has 26 heavy (non-hydrogen) atoms. The highest BCUT2D eigenvalue weighted by molar-refractivity contribution is 7.99. The number of amides is 2. The molecule has 3 rings (SSSR count). The number of anilines is 1. The Morgan fingerprint density at radius 2 is 1.73 bits per heavy atom. The van der Waals surface area contributed by atoms with Crippen molar-refractivity contribution in [3.63, 3.8) is 0 Å². The van der Waals surface area contributed by atoms with Gasteiger partial charge in [-0.15, -0.1) is 11.8 Å². The largest absolute Gasteiger partial charge is 0.326 e. The Hall–Kier alpha value is -1.98. The van der Waals surface area contributed by atoms with Crippen molar-refractivity contribution >= 4 is 23.5 Å². The molecule has 0 saturated heterocycles. The standard InChI is InChI=1S/C21H27N3OS/c1-22(2)15-16-23(3)21(25)24-14-13-19(17-9-5-4-6-10-17)26-20-12-8-7-11-18(20)24/h4-12,19H,13-16H2,1-3H3. The van der Waals surface area contributed by atoms with Gasteiger partial charge in [-0.1, -0.05) is 42.5 Å². The van der Waals surface area contributed by atoms with Gasteiger partial charge in [0.05, 0.1) is 5.69 Å². The summed E-state index contributed by atoms with van der Waals surface area (Å²) in [5, 5.41) is 0.363. The summed E-state index contributed by atoms with van der Waals surface area (Å²) < 4.78 is 0. The van der Waals surface area contributed by atoms with Crippen LogP contribution in [0.3, 0.4) is 0 Å². The van der Waals surface area contributed by atoms with E-state index in [1.54, 1.807) is 0 Å². The third-order valence-electron chi connectivity index (χ3n) is 4.65. The molecule has 0 aromatic heterocycles. The highest BCUT2D eigenvalue weighted by atomic mass is 32.2. The van der Waals surface area contributed by atoms with Crippen molar-refractivity contribution < 1.29 is 4.79 Å². The number of rotatable bonds is 4. The second kappa shape index (κ2) is 8.60. The van der Waals surface area contributed by atoms with Crippen LogP contribution < -0.4 is 4.90 Å². The molecule has 0 saturated carbocycles. The van der Waals surface area contributed by atoms with Crippen molar-refractivity contribution in [2.45, 2.75) is 16.6 Å². The van der Waals surface area contributed by atoms with Crippen LogP contribution in [0.2, 0.25) is 0 Å². The van der Waals surface area contributed by atoms with Crippen LogP contribution in [0.1, 0.15) is 17.2 Å². The van der Waals surface area contributed by atoms with E-state index in [0.29, 0.717) is 5.25 Å². The number of para-hydroxylation sites is 1. The molecular weight excluding hydrogens is 342 g/mol. The minimum absolute atomic E-state index is 0.0774. The third kappa shape index (κ3) is 4.40. The number of carbonyl (C=O) groups excluding carboxylic acids is 1. The predicted octanol–water partition coefficient (Wildman–Crippen LogP) is 4.34. The van der Waals surface area contributed by atoms with E-state index in [0.717, 1.165) is 31.7 Å². The van der Waals surface area contributed by atoms with Crippen LogP contribution in [0.5, 0.6) is 0 Å². The van der Waals surface area contributed by atoms with Crippen LogP contribution in [-0.4, -0.2) is 56.6 Å². The van der Waals surface area contributed by atoms with E-state index in [9.17, 15) is 4.79 Å². The van der Waals surface area contributed by atoms with Crippen LogP contribution in [0.15, 0.2) is 59.5 Å². The van der Waals surface area contributed by atoms with Gasteiger partial charge < -0.3 is 9.80 Å². The van der Waals surface area contributed by atoms with Crippen LogP contribution in [0.25, 0.3) is 0 Å². The Kier molecular flexibility index (Phi) is 6.22. The van der Waals surface area contributed by atoms with Gasteiger partial charge in [0.15, 0.2) is 0 Å². The second-order valence-electron chi connectivity index (χ2n) is 6.93. The van der Waals surface area contributed by atoms with Gasteiger partial charge in [-0.05, 0) is 38.2 Å². The first-order chi connectivity index (χ1) is 12.6. The number of nitrogens with zero attached hydrogens (tertiary/aromatic N) is 3. The Balaban J connectivity index is 1.83. The van der Waals surface area contributed by atoms with E-state index in [4.69, 9.17) is 0 Å². The SMILES string of the molecule is CN(C)CCN(C)C(=O)N1CCC(c2ccccc2)Sc2ccccc21. The second-order valence-corrected chi connectivity index (χ2v) is 8.18. The summed E-state index contributed by atoms with van der Waals surface area (Å²) in [5.74, 6) is 0. The molecule has 2 amide bonds. The van der Waals surface area contributed by atoms with Gasteiger partial charge in [-0.3, -0.25) is 4.90 Å². The number of carbonyl (C=O) groups is 1. The molecule has 1 heterocycles. The molecule has 0 fully saturated rings. The first kappa shape index (κ1) is 18.8. The average Bonchev–Trinajstić information content (AvgIpc) is 2.86. The zero-order valence-electron chi connectivity index (χ0n) is 15.8. The topological polar surface area (TPSA) is 26.8 Å². The van der Waals surface area contributed by atoms with Gasteiger partial charge in [0.25, 0.3) is 0 Å². The van der Waals surface area contributed by atoms with Crippen molar-refractivity contribution in [2.75, 3.05) is 45.7 Å². The maximum atomic E-state index is 13.1. The molecular formula is C21H27N3OS. The van der Waals surface area contributed by atoms with Crippen molar-refractivity contribution in [1.29, 1.82) is 0 Å². The number of benzene rings is 2. The van der Waals surface area contributed by atoms with Gasteiger partial charge in [0.2, 0.25) is 0 Å². The lowest BCUT2D eigenvalue weighted by atomic mass is 10.1. The normalized spacial score (nSPS) is 16.9. The summed E-state index contributed by atoms with van der Waals surface area (Å²) in [6, 6.07) is 18.9. The lowest BCUT2D eigenvalue weighted by molar-refractivity contribution is 0.210. The van der Waals surface area contributed by atoms with E-state index in [2.05, 4.69) is 47.4 Å². The molecule has 2 aromatic rings. The molecule has 0 bridgehead atoms. The van der Waals surface area contributed by atoms with Gasteiger partial charge in [0.1, 0.15) is 0 Å². The molecule has 1 unspecified atom stereocenters. The number of hydrogen-bond acceptors (Lipinski definition) is 3. The van der Waals surface area contributed by atoms with Crippen LogP contribution in [-0.2, 0) is 0 Å². The van der Waals surface area contributed by atoms with E-state index in [1.807, 2.05) is 54.8 Å². The zero-order chi connectivity index (χ0) is 18.5. The Labute approximate surface area is 160 Å². The maximum Gasteiger partial charge on any atom is 0.324 e. The van der Waals surface area contributed by atoms with Crippen LogP contribution in [0.4, 0.5) is 10.5 Å². The molecule has 2 aromatic carbocycles. The van der Waals surface area contributed by atoms with E-state index in [-0.39, 0.29) is 6.03 Å². The summed E-state index contributed by atoms with van der Waals surface area (Å²) in [5.41, 5.74) is 2.35. The smallest absolute Gasteiger partial charge is 0.324 e. The highest BCUT2D eigenvalue weighted by Crippen LogP contribution is 2.45. The van der Waals surface area contributed by atoms with Crippen molar-refractivity contribution in [3.8, 4) is 0 Å². The molecule has 138 valence electrons. The molecule has 1 aliphatic rings. The number of likely N-dealkylation sites (N-methyl/N-ethyl adjacent to an activating group) is 2. The summed E-state index contributed by atoms with van der Waals surface area (Å²) in [6.07, 6.45) is 0.941. The molecule has 1 atom stereocenters. The average molecular weight is 370 g/mol. The van der Waals surface area contributed by atoms with Crippen LogP contribution in [0, 0.1) is 0 Å². The lowest BCUT2D eigenvalue weighted by Gasteiger charge is -2.29. The molecule has 0 N–H and O–H groups in total. The fourth-order valence-corrected chi connectivity index (χ4v) is 4.39. The summed E-state index contributed by atoms with van der Waals surface area (Å²) in [6.45, 7) is 2.31. The minimum Gasteiger partial charge on any atom is -0.326 e. The van der Waals surface area contributed by atoms with Crippen molar-refractivity contribution in [1.82, 2.24) is 9.80 Å². The van der Waals surface area contributed by atoms with Crippen molar-refractivity contribution in [3.05, 3.63) is 60.2 Å². The molecule has 0 radical (unpaired) electrons. The number of thioether (sulfide) groups is 1. The van der Waals surface area contributed by atoms with Gasteiger partial charge in [-0.25, -0.2) is 4.79 Å². The van der Waals surface area contributed by atoms with Gasteiger partial charge >= 0.3 is 6.03 Å². The van der Waals surface area contributed by atoms with Crippen LogP contribution >= 0.6 is 11.8 Å². The molecule has 0 aliphatic carbocycles. The fraction of sp³-hybridized carbons (Fsp3) is 0.381. The van der Waals surface area contributed by atoms with Gasteiger partial charge in [0, 0.05) is 36.8 Å². The van der Waals surface area contributed by atoms with Gasteiger partial charge in [-0.2, -0.15) is 0 Å². The van der Waals surface area contributed by atoms with Crippen molar-refractivity contribution in [2.24, 2.45) is 0 Å². The molecule has 1 aliphatic heterocycles. The lowest BCUT2D eigenvalue weighted by Crippen LogP contribution is -2.44. The Morgan fingerprint density at radius 3 is 2.46 bits per heavy atom. The summed E-state index contributed by atoms with van der Waals surface area (Å²) in [4.78, 5) is 20.1. The third-order valence-corrected chi connectivity index (χ3v) is 6.04. The van der Waals surface area contributed by atoms with E-state index < -0.39 is 0 Å². The quantitative estimate of drug-likeness (QED) is 0.802. The monoisotopic (exact) mass is 369 g/mol. The molecule has 4 nitrogen and oxygen atoms in total. The summed E-state index contributed by atoms with van der Waals surface area (Å²) in [7, 11) is 5.95. The first-order valence-electron chi connectivity index (χ1n) is 9.04. The first-order valence-corrected chi connectivity index (χ1v) is 9.92. The number of fused-ring (bicyclic) bond motifs is 1. The van der Waals surface area contributed by atoms with E-state index in [1.165, 1.54) is 10.5 Å². The Bertz CT molecular complexity index is 735.